The summed E-state index contributed by atoms with van der Waals surface area (Å²) in [5, 5.41) is 18.5. The molecule has 1 saturated heterocycles. The Balaban J connectivity index is 2.00. The van der Waals surface area contributed by atoms with Gasteiger partial charge in [0.05, 0.1) is 28.8 Å². The fourth-order valence-electron chi connectivity index (χ4n) is 3.32. The summed E-state index contributed by atoms with van der Waals surface area (Å²) >= 11 is 11.0. The zero-order chi connectivity index (χ0) is 23.8. The first kappa shape index (κ1) is 23.8. The van der Waals surface area contributed by atoms with Gasteiger partial charge in [0.25, 0.3) is 5.91 Å². The summed E-state index contributed by atoms with van der Waals surface area (Å²) in [5.74, 6) is -0.327. The molecule has 2 aromatic carbocycles. The zero-order valence-electron chi connectivity index (χ0n) is 16.9. The van der Waals surface area contributed by atoms with Gasteiger partial charge in [0.2, 0.25) is 6.29 Å². The molecule has 0 bridgehead atoms. The van der Waals surface area contributed by atoms with Crippen molar-refractivity contribution in [1.82, 2.24) is 0 Å². The van der Waals surface area contributed by atoms with E-state index < -0.39 is 35.0 Å². The molecule has 3 rings (SSSR count). The first-order valence-corrected chi connectivity index (χ1v) is 10.2. The standard InChI is InChI=1S/C21H17ClF3N3O3S/c1-20(2)18(30)27(14-4-3-12(11-26)16(9-14)21(23,24)25)19(32)28(20)13-5-7-15(8-6-13)31-17(29)10-22/h3-9,17,29H,10H2,1-2H3. The van der Waals surface area contributed by atoms with Gasteiger partial charge in [-0.05, 0) is 68.5 Å². The molecule has 1 heterocycles. The highest BCUT2D eigenvalue weighted by molar-refractivity contribution is 7.81. The summed E-state index contributed by atoms with van der Waals surface area (Å²) in [6.07, 6.45) is -5.97. The van der Waals surface area contributed by atoms with Crippen LogP contribution in [-0.4, -0.2) is 33.8 Å². The molecule has 6 nitrogen and oxygen atoms in total. The molecule has 1 aliphatic heterocycles. The number of aliphatic hydroxyl groups is 1. The number of rotatable bonds is 5. The van der Waals surface area contributed by atoms with Gasteiger partial charge >= 0.3 is 6.18 Å². The number of hydrogen-bond donors (Lipinski definition) is 1. The molecule has 1 fully saturated rings. The van der Waals surface area contributed by atoms with E-state index in [0.29, 0.717) is 11.4 Å². The number of amides is 1. The number of ether oxygens (including phenoxy) is 1. The molecule has 32 heavy (non-hydrogen) atoms. The zero-order valence-corrected chi connectivity index (χ0v) is 18.4. The average Bonchev–Trinajstić information content (AvgIpc) is 2.91. The van der Waals surface area contributed by atoms with Crippen molar-refractivity contribution in [1.29, 1.82) is 5.26 Å². The van der Waals surface area contributed by atoms with E-state index in [1.54, 1.807) is 38.1 Å². The van der Waals surface area contributed by atoms with Crippen molar-refractivity contribution in [2.75, 3.05) is 15.7 Å². The smallest absolute Gasteiger partial charge is 0.417 e. The van der Waals surface area contributed by atoms with E-state index in [-0.39, 0.29) is 16.7 Å². The van der Waals surface area contributed by atoms with Crippen molar-refractivity contribution in [3.63, 3.8) is 0 Å². The van der Waals surface area contributed by atoms with E-state index in [1.807, 2.05) is 0 Å². The minimum atomic E-state index is -4.77. The van der Waals surface area contributed by atoms with Crippen LogP contribution in [0, 0.1) is 11.3 Å². The number of nitriles is 1. The quantitative estimate of drug-likeness (QED) is 0.385. The van der Waals surface area contributed by atoms with Gasteiger partial charge in [-0.1, -0.05) is 0 Å². The maximum Gasteiger partial charge on any atom is 0.417 e. The first-order chi connectivity index (χ1) is 14.9. The summed E-state index contributed by atoms with van der Waals surface area (Å²) in [4.78, 5) is 15.7. The Morgan fingerprint density at radius 2 is 1.81 bits per heavy atom. The van der Waals surface area contributed by atoms with E-state index in [0.717, 1.165) is 17.0 Å². The highest BCUT2D eigenvalue weighted by Gasteiger charge is 2.50. The predicted molar refractivity (Wildman–Crippen MR) is 117 cm³/mol. The van der Waals surface area contributed by atoms with Crippen molar-refractivity contribution in [3.8, 4) is 11.8 Å². The molecule has 0 radical (unpaired) electrons. The van der Waals surface area contributed by atoms with Crippen LogP contribution in [-0.2, 0) is 11.0 Å². The average molecular weight is 484 g/mol. The lowest BCUT2D eigenvalue weighted by Gasteiger charge is -2.29. The number of alkyl halides is 4. The minimum Gasteiger partial charge on any atom is -0.464 e. The molecular formula is C21H17ClF3N3O3S. The van der Waals surface area contributed by atoms with Crippen molar-refractivity contribution in [2.24, 2.45) is 0 Å². The lowest BCUT2D eigenvalue weighted by atomic mass is 10.0. The SMILES string of the molecule is CC1(C)C(=O)N(c2ccc(C#N)c(C(F)(F)F)c2)C(=S)N1c1ccc(OC(O)CCl)cc1. The number of thiocarbonyl (C=S) groups is 1. The van der Waals surface area contributed by atoms with Crippen LogP contribution in [0.1, 0.15) is 25.0 Å². The number of anilines is 2. The van der Waals surface area contributed by atoms with Crippen LogP contribution in [0.5, 0.6) is 5.75 Å². The maximum absolute atomic E-state index is 13.4. The van der Waals surface area contributed by atoms with Crippen LogP contribution in [0.2, 0.25) is 0 Å². The summed E-state index contributed by atoms with van der Waals surface area (Å²) in [7, 11) is 0. The van der Waals surface area contributed by atoms with Gasteiger partial charge in [0, 0.05) is 5.69 Å². The molecule has 1 unspecified atom stereocenters. The molecule has 11 heteroatoms. The minimum absolute atomic E-state index is 0.0210. The van der Waals surface area contributed by atoms with Gasteiger partial charge in [-0.15, -0.1) is 11.6 Å². The van der Waals surface area contributed by atoms with Gasteiger partial charge in [-0.25, -0.2) is 0 Å². The third-order valence-corrected chi connectivity index (χ3v) is 5.48. The molecule has 2 aromatic rings. The van der Waals surface area contributed by atoms with Crippen LogP contribution in [0.15, 0.2) is 42.5 Å². The molecular weight excluding hydrogens is 467 g/mol. The summed E-state index contributed by atoms with van der Waals surface area (Å²) < 4.78 is 45.4. The number of benzene rings is 2. The summed E-state index contributed by atoms with van der Waals surface area (Å²) in [6, 6.07) is 10.8. The summed E-state index contributed by atoms with van der Waals surface area (Å²) in [6.45, 7) is 3.19. The van der Waals surface area contributed by atoms with Gasteiger partial charge in [0.1, 0.15) is 11.3 Å². The lowest BCUT2D eigenvalue weighted by molar-refractivity contribution is -0.137. The van der Waals surface area contributed by atoms with E-state index >= 15 is 0 Å². The normalized spacial score (nSPS) is 16.8. The second-order valence-electron chi connectivity index (χ2n) is 7.38. The van der Waals surface area contributed by atoms with Crippen LogP contribution in [0.4, 0.5) is 24.5 Å². The van der Waals surface area contributed by atoms with Crippen molar-refractivity contribution in [2.45, 2.75) is 31.9 Å². The first-order valence-electron chi connectivity index (χ1n) is 9.22. The van der Waals surface area contributed by atoms with Gasteiger partial charge in [-0.3, -0.25) is 9.69 Å². The second kappa shape index (κ2) is 8.58. The van der Waals surface area contributed by atoms with Gasteiger partial charge in [0.15, 0.2) is 5.11 Å². The molecule has 1 amide bonds. The second-order valence-corrected chi connectivity index (χ2v) is 8.05. The maximum atomic E-state index is 13.4. The van der Waals surface area contributed by atoms with E-state index in [2.05, 4.69) is 0 Å². The van der Waals surface area contributed by atoms with Gasteiger partial charge < -0.3 is 14.7 Å². The highest BCUT2D eigenvalue weighted by atomic mass is 35.5. The van der Waals surface area contributed by atoms with Crippen molar-refractivity contribution in [3.05, 3.63) is 53.6 Å². The Hall–Kier alpha value is -2.87. The Kier molecular flexibility index (Phi) is 6.38. The van der Waals surface area contributed by atoms with Crippen LogP contribution >= 0.6 is 23.8 Å². The Bertz CT molecular complexity index is 1100. The molecule has 1 aliphatic rings. The molecule has 0 saturated carbocycles. The van der Waals surface area contributed by atoms with Crippen molar-refractivity contribution >= 4 is 46.2 Å². The topological polar surface area (TPSA) is 76.8 Å². The number of hydrogen-bond acceptors (Lipinski definition) is 5. The van der Waals surface area contributed by atoms with E-state index in [4.69, 9.17) is 33.8 Å². The number of halogens is 4. The number of carbonyl (C=O) groups excluding carboxylic acids is 1. The molecule has 0 aliphatic carbocycles. The van der Waals surface area contributed by atoms with E-state index in [1.165, 1.54) is 17.0 Å². The Morgan fingerprint density at radius 3 is 2.34 bits per heavy atom. The fourth-order valence-corrected chi connectivity index (χ4v) is 3.91. The third kappa shape index (κ3) is 4.24. The van der Waals surface area contributed by atoms with Gasteiger partial charge in [-0.2, -0.15) is 18.4 Å². The van der Waals surface area contributed by atoms with E-state index in [9.17, 15) is 23.1 Å². The number of nitrogens with zero attached hydrogens (tertiary/aromatic N) is 3. The molecule has 1 atom stereocenters. The Labute approximate surface area is 192 Å². The monoisotopic (exact) mass is 483 g/mol. The molecule has 1 N–H and O–H groups in total. The number of carbonyl (C=O) groups is 1. The van der Waals surface area contributed by atoms with Crippen LogP contribution in [0.3, 0.4) is 0 Å². The molecule has 168 valence electrons. The van der Waals surface area contributed by atoms with Crippen LogP contribution < -0.4 is 14.5 Å². The van der Waals surface area contributed by atoms with Crippen LogP contribution in [0.25, 0.3) is 0 Å². The number of aliphatic hydroxyl groups excluding tert-OH is 1. The fraction of sp³-hybridized carbons (Fsp3) is 0.286. The van der Waals surface area contributed by atoms with Crippen molar-refractivity contribution < 1.29 is 27.8 Å². The molecule has 0 spiro atoms. The lowest BCUT2D eigenvalue weighted by Crippen LogP contribution is -2.44. The largest absolute Gasteiger partial charge is 0.464 e. The summed E-state index contributed by atoms with van der Waals surface area (Å²) in [5.41, 5.74) is -2.50. The molecule has 0 aromatic heterocycles. The third-order valence-electron chi connectivity index (χ3n) is 4.85. The predicted octanol–water partition coefficient (Wildman–Crippen LogP) is 4.43. The highest BCUT2D eigenvalue weighted by Crippen LogP contribution is 2.39. The Morgan fingerprint density at radius 1 is 1.22 bits per heavy atom.